The SMILES string of the molecule is CCN1C(=O)NC(c2ccc(F)cc2)C(c2nc(-c3cccc(F)c3)no2)=C1C. The van der Waals surface area contributed by atoms with Crippen molar-refractivity contribution in [1.29, 1.82) is 0 Å². The number of halogens is 2. The molecule has 1 aliphatic heterocycles. The summed E-state index contributed by atoms with van der Waals surface area (Å²) >= 11 is 0. The Kier molecular flexibility index (Phi) is 4.84. The number of hydrogen-bond acceptors (Lipinski definition) is 4. The molecule has 1 atom stereocenters. The molecule has 1 aromatic heterocycles. The number of carbonyl (C=O) groups is 1. The highest BCUT2D eigenvalue weighted by Gasteiger charge is 2.35. The molecule has 2 aromatic carbocycles. The van der Waals surface area contributed by atoms with Crippen molar-refractivity contribution in [1.82, 2.24) is 20.4 Å². The van der Waals surface area contributed by atoms with E-state index in [2.05, 4.69) is 15.5 Å². The fourth-order valence-electron chi connectivity index (χ4n) is 3.42. The third-order valence-electron chi connectivity index (χ3n) is 4.86. The quantitative estimate of drug-likeness (QED) is 0.703. The first-order chi connectivity index (χ1) is 14.0. The molecule has 1 unspecified atom stereocenters. The van der Waals surface area contributed by atoms with Gasteiger partial charge in [-0.05, 0) is 43.7 Å². The van der Waals surface area contributed by atoms with E-state index in [1.807, 2.05) is 6.92 Å². The van der Waals surface area contributed by atoms with Crippen LogP contribution in [0.2, 0.25) is 0 Å². The van der Waals surface area contributed by atoms with E-state index in [9.17, 15) is 13.6 Å². The van der Waals surface area contributed by atoms with Crippen molar-refractivity contribution >= 4 is 11.6 Å². The number of rotatable bonds is 4. The lowest BCUT2D eigenvalue weighted by molar-refractivity contribution is 0.207. The normalized spacial score (nSPS) is 16.9. The summed E-state index contributed by atoms with van der Waals surface area (Å²) in [4.78, 5) is 18.5. The third kappa shape index (κ3) is 3.49. The zero-order valence-electron chi connectivity index (χ0n) is 15.8. The minimum atomic E-state index is -0.591. The van der Waals surface area contributed by atoms with Gasteiger partial charge in [-0.3, -0.25) is 4.90 Å². The molecule has 0 saturated heterocycles. The van der Waals surface area contributed by atoms with Crippen molar-refractivity contribution in [2.24, 2.45) is 0 Å². The maximum absolute atomic E-state index is 13.6. The summed E-state index contributed by atoms with van der Waals surface area (Å²) in [6.45, 7) is 4.09. The van der Waals surface area contributed by atoms with Gasteiger partial charge in [0, 0.05) is 17.8 Å². The van der Waals surface area contributed by atoms with E-state index in [1.165, 1.54) is 24.3 Å². The predicted octanol–water partition coefficient (Wildman–Crippen LogP) is 4.53. The van der Waals surface area contributed by atoms with E-state index in [1.54, 1.807) is 36.1 Å². The second-order valence-corrected chi connectivity index (χ2v) is 6.61. The van der Waals surface area contributed by atoms with Crippen molar-refractivity contribution in [2.45, 2.75) is 19.9 Å². The highest BCUT2D eigenvalue weighted by Crippen LogP contribution is 2.37. The average molecular weight is 396 g/mol. The monoisotopic (exact) mass is 396 g/mol. The van der Waals surface area contributed by atoms with Crippen LogP contribution >= 0.6 is 0 Å². The van der Waals surface area contributed by atoms with E-state index in [0.717, 1.165) is 0 Å². The summed E-state index contributed by atoms with van der Waals surface area (Å²) in [5.41, 5.74) is 2.41. The van der Waals surface area contributed by atoms with Gasteiger partial charge >= 0.3 is 6.03 Å². The maximum atomic E-state index is 13.6. The number of hydrogen-bond donors (Lipinski definition) is 1. The molecule has 8 heteroatoms. The van der Waals surface area contributed by atoms with Gasteiger partial charge in [-0.15, -0.1) is 0 Å². The first-order valence-corrected chi connectivity index (χ1v) is 9.12. The molecule has 2 amide bonds. The van der Waals surface area contributed by atoms with E-state index >= 15 is 0 Å². The first kappa shape index (κ1) is 18.8. The van der Waals surface area contributed by atoms with E-state index in [4.69, 9.17) is 4.52 Å². The molecule has 29 heavy (non-hydrogen) atoms. The molecular weight excluding hydrogens is 378 g/mol. The van der Waals surface area contributed by atoms with Gasteiger partial charge in [0.25, 0.3) is 5.89 Å². The summed E-state index contributed by atoms with van der Waals surface area (Å²) in [5.74, 6) is -0.345. The lowest BCUT2D eigenvalue weighted by atomic mass is 9.94. The zero-order valence-corrected chi connectivity index (χ0v) is 15.8. The fraction of sp³-hybridized carbons (Fsp3) is 0.190. The van der Waals surface area contributed by atoms with Gasteiger partial charge in [-0.25, -0.2) is 13.6 Å². The summed E-state index contributed by atoms with van der Waals surface area (Å²) in [7, 11) is 0. The first-order valence-electron chi connectivity index (χ1n) is 9.12. The Bertz CT molecular complexity index is 1090. The van der Waals surface area contributed by atoms with Crippen LogP contribution in [0.25, 0.3) is 17.0 Å². The van der Waals surface area contributed by atoms with Crippen molar-refractivity contribution in [3.63, 3.8) is 0 Å². The van der Waals surface area contributed by atoms with Crippen LogP contribution in [0.4, 0.5) is 13.6 Å². The standard InChI is InChI=1S/C21H18F2N4O2/c1-3-27-12(2)17(18(24-21(27)28)13-7-9-15(22)10-8-13)20-25-19(26-29-20)14-5-4-6-16(23)11-14/h4-11,18H,3H2,1-2H3,(H,24,28). The van der Waals surface area contributed by atoms with Gasteiger partial charge < -0.3 is 9.84 Å². The molecule has 1 aliphatic rings. The Hall–Kier alpha value is -3.55. The Morgan fingerprint density at radius 2 is 1.90 bits per heavy atom. The highest BCUT2D eigenvalue weighted by molar-refractivity contribution is 5.86. The number of carbonyl (C=O) groups excluding carboxylic acids is 1. The lowest BCUT2D eigenvalue weighted by Gasteiger charge is -2.34. The smallest absolute Gasteiger partial charge is 0.322 e. The second-order valence-electron chi connectivity index (χ2n) is 6.61. The van der Waals surface area contributed by atoms with Crippen LogP contribution in [0.5, 0.6) is 0 Å². The predicted molar refractivity (Wildman–Crippen MR) is 102 cm³/mol. The van der Waals surface area contributed by atoms with Crippen LogP contribution in [0.1, 0.15) is 31.3 Å². The summed E-state index contributed by atoms with van der Waals surface area (Å²) in [6.07, 6.45) is 0. The molecule has 0 fully saturated rings. The zero-order chi connectivity index (χ0) is 20.5. The van der Waals surface area contributed by atoms with Crippen LogP contribution in [-0.2, 0) is 0 Å². The number of allylic oxidation sites excluding steroid dienone is 1. The molecule has 6 nitrogen and oxygen atoms in total. The maximum Gasteiger partial charge on any atom is 0.322 e. The molecule has 0 saturated carbocycles. The van der Waals surface area contributed by atoms with Gasteiger partial charge in [0.05, 0.1) is 11.6 Å². The lowest BCUT2D eigenvalue weighted by Crippen LogP contribution is -2.45. The van der Waals surface area contributed by atoms with Gasteiger partial charge in [0.15, 0.2) is 0 Å². The van der Waals surface area contributed by atoms with Crippen LogP contribution in [0.15, 0.2) is 58.8 Å². The number of nitrogens with one attached hydrogen (secondary N) is 1. The average Bonchev–Trinajstić information content (AvgIpc) is 3.18. The Labute approximate surface area is 165 Å². The number of urea groups is 1. The summed E-state index contributed by atoms with van der Waals surface area (Å²) < 4.78 is 32.4. The van der Waals surface area contributed by atoms with Gasteiger partial charge in [-0.2, -0.15) is 4.98 Å². The molecule has 3 aromatic rings. The molecule has 0 bridgehead atoms. The molecule has 148 valence electrons. The molecule has 1 N–H and O–H groups in total. The largest absolute Gasteiger partial charge is 0.334 e. The van der Waals surface area contributed by atoms with E-state index < -0.39 is 11.9 Å². The fourth-order valence-corrected chi connectivity index (χ4v) is 3.42. The Balaban J connectivity index is 1.81. The van der Waals surface area contributed by atoms with E-state index in [-0.39, 0.29) is 23.6 Å². The molecule has 0 aliphatic carbocycles. The Morgan fingerprint density at radius 1 is 1.14 bits per heavy atom. The van der Waals surface area contributed by atoms with Crippen LogP contribution in [0, 0.1) is 11.6 Å². The van der Waals surface area contributed by atoms with Crippen LogP contribution < -0.4 is 5.32 Å². The van der Waals surface area contributed by atoms with Crippen LogP contribution in [-0.4, -0.2) is 27.6 Å². The van der Waals surface area contributed by atoms with Crippen molar-refractivity contribution in [2.75, 3.05) is 6.54 Å². The van der Waals surface area contributed by atoms with E-state index in [0.29, 0.717) is 28.9 Å². The third-order valence-corrected chi connectivity index (χ3v) is 4.86. The molecule has 0 radical (unpaired) electrons. The summed E-state index contributed by atoms with van der Waals surface area (Å²) in [5, 5.41) is 6.88. The number of benzene rings is 2. The second kappa shape index (κ2) is 7.46. The molecule has 4 rings (SSSR count). The van der Waals surface area contributed by atoms with Crippen molar-refractivity contribution in [3.8, 4) is 11.4 Å². The van der Waals surface area contributed by atoms with Crippen molar-refractivity contribution in [3.05, 3.63) is 77.3 Å². The number of aromatic nitrogens is 2. The molecule has 2 heterocycles. The number of nitrogens with zero attached hydrogens (tertiary/aromatic N) is 3. The Morgan fingerprint density at radius 3 is 2.59 bits per heavy atom. The van der Waals surface area contributed by atoms with Gasteiger partial charge in [0.2, 0.25) is 5.82 Å². The van der Waals surface area contributed by atoms with Gasteiger partial charge in [-0.1, -0.05) is 29.4 Å². The van der Waals surface area contributed by atoms with Gasteiger partial charge in [0.1, 0.15) is 11.6 Å². The van der Waals surface area contributed by atoms with Crippen LogP contribution in [0.3, 0.4) is 0 Å². The topological polar surface area (TPSA) is 71.3 Å². The summed E-state index contributed by atoms with van der Waals surface area (Å²) in [6, 6.07) is 10.9. The minimum Gasteiger partial charge on any atom is -0.334 e. The molecule has 0 spiro atoms. The molecular formula is C21H18F2N4O2. The minimum absolute atomic E-state index is 0.203. The highest BCUT2D eigenvalue weighted by atomic mass is 19.1. The van der Waals surface area contributed by atoms with Crippen molar-refractivity contribution < 1.29 is 18.1 Å². The number of amides is 2.